The van der Waals surface area contributed by atoms with E-state index in [2.05, 4.69) is 45.6 Å². The van der Waals surface area contributed by atoms with Crippen molar-refractivity contribution in [2.24, 2.45) is 5.92 Å². The molecule has 2 heterocycles. The number of nitrogens with zero attached hydrogens (tertiary/aromatic N) is 3. The fourth-order valence-corrected chi connectivity index (χ4v) is 3.52. The van der Waals surface area contributed by atoms with Crippen LogP contribution in [0.1, 0.15) is 41.4 Å². The van der Waals surface area contributed by atoms with Gasteiger partial charge in [0, 0.05) is 32.4 Å². The van der Waals surface area contributed by atoms with Crippen molar-refractivity contribution in [3.63, 3.8) is 0 Å². The predicted molar refractivity (Wildman–Crippen MR) is 99.4 cm³/mol. The zero-order valence-corrected chi connectivity index (χ0v) is 15.2. The molecule has 1 aromatic carbocycles. The number of carbonyl (C=O) groups is 1. The summed E-state index contributed by atoms with van der Waals surface area (Å²) in [4.78, 5) is 14.8. The van der Waals surface area contributed by atoms with Gasteiger partial charge in [-0.25, -0.2) is 0 Å². The van der Waals surface area contributed by atoms with E-state index in [1.807, 2.05) is 24.7 Å². The van der Waals surface area contributed by atoms with Crippen molar-refractivity contribution in [1.29, 1.82) is 0 Å². The minimum absolute atomic E-state index is 0.00339. The first-order chi connectivity index (χ1) is 12.2. The maximum absolute atomic E-state index is 12.3. The summed E-state index contributed by atoms with van der Waals surface area (Å²) < 4.78 is 1.81. The summed E-state index contributed by atoms with van der Waals surface area (Å²) in [5.74, 6) is 0.666. The molecule has 1 aliphatic heterocycles. The molecule has 0 spiro atoms. The Morgan fingerprint density at radius 2 is 2.12 bits per heavy atom. The molecule has 0 saturated carbocycles. The maximum atomic E-state index is 12.3. The normalized spacial score (nSPS) is 17.8. The summed E-state index contributed by atoms with van der Waals surface area (Å²) in [5.41, 5.74) is 2.87. The van der Waals surface area contributed by atoms with Gasteiger partial charge in [0.2, 0.25) is 0 Å². The van der Waals surface area contributed by atoms with Crippen molar-refractivity contribution < 1.29 is 4.79 Å². The van der Waals surface area contributed by atoms with Gasteiger partial charge in [0.25, 0.3) is 5.91 Å². The number of rotatable bonds is 7. The van der Waals surface area contributed by atoms with Gasteiger partial charge >= 0.3 is 0 Å². The van der Waals surface area contributed by atoms with Crippen LogP contribution in [0.2, 0.25) is 0 Å². The zero-order chi connectivity index (χ0) is 17.6. The van der Waals surface area contributed by atoms with Crippen molar-refractivity contribution in [3.05, 3.63) is 53.3 Å². The first-order valence-electron chi connectivity index (χ1n) is 9.24. The Morgan fingerprint density at radius 3 is 2.84 bits per heavy atom. The van der Waals surface area contributed by atoms with Crippen LogP contribution in [-0.2, 0) is 13.1 Å². The van der Waals surface area contributed by atoms with Crippen LogP contribution in [-0.4, -0.2) is 40.2 Å². The quantitative estimate of drug-likeness (QED) is 0.843. The van der Waals surface area contributed by atoms with Crippen LogP contribution in [0.15, 0.2) is 36.5 Å². The van der Waals surface area contributed by atoms with E-state index in [-0.39, 0.29) is 5.91 Å². The zero-order valence-electron chi connectivity index (χ0n) is 15.2. The Bertz CT molecular complexity index is 695. The Morgan fingerprint density at radius 1 is 1.32 bits per heavy atom. The van der Waals surface area contributed by atoms with E-state index in [1.165, 1.54) is 12.0 Å². The minimum atomic E-state index is -0.00339. The highest BCUT2D eigenvalue weighted by Crippen LogP contribution is 2.21. The van der Waals surface area contributed by atoms with Gasteiger partial charge in [-0.05, 0) is 44.7 Å². The molecule has 3 rings (SSSR count). The van der Waals surface area contributed by atoms with E-state index in [9.17, 15) is 4.79 Å². The van der Waals surface area contributed by atoms with Gasteiger partial charge in [-0.1, -0.05) is 30.3 Å². The third kappa shape index (κ3) is 4.69. The van der Waals surface area contributed by atoms with Crippen LogP contribution in [0, 0.1) is 12.8 Å². The van der Waals surface area contributed by atoms with E-state index in [0.29, 0.717) is 11.5 Å². The lowest BCUT2D eigenvalue weighted by Crippen LogP contribution is -2.27. The number of aromatic nitrogens is 2. The largest absolute Gasteiger partial charge is 0.352 e. The lowest BCUT2D eigenvalue weighted by Gasteiger charge is -2.16. The number of hydrogen-bond acceptors (Lipinski definition) is 3. The fraction of sp³-hybridized carbons (Fsp3) is 0.500. The average Bonchev–Trinajstić information content (AvgIpc) is 3.22. The van der Waals surface area contributed by atoms with Crippen LogP contribution >= 0.6 is 0 Å². The van der Waals surface area contributed by atoms with Crippen LogP contribution in [0.4, 0.5) is 0 Å². The summed E-state index contributed by atoms with van der Waals surface area (Å²) >= 11 is 0. The lowest BCUT2D eigenvalue weighted by atomic mass is 10.1. The van der Waals surface area contributed by atoms with Crippen molar-refractivity contribution in [2.45, 2.75) is 39.8 Å². The fourth-order valence-electron chi connectivity index (χ4n) is 3.52. The van der Waals surface area contributed by atoms with E-state index in [1.54, 1.807) is 0 Å². The average molecular weight is 340 g/mol. The molecule has 1 saturated heterocycles. The Labute approximate surface area is 150 Å². The second kappa shape index (κ2) is 8.30. The van der Waals surface area contributed by atoms with E-state index >= 15 is 0 Å². The molecule has 1 atom stereocenters. The summed E-state index contributed by atoms with van der Waals surface area (Å²) in [6, 6.07) is 10.6. The smallest absolute Gasteiger partial charge is 0.254 e. The second-order valence-electron chi connectivity index (χ2n) is 6.90. The van der Waals surface area contributed by atoms with Crippen molar-refractivity contribution >= 4 is 5.91 Å². The van der Waals surface area contributed by atoms with Gasteiger partial charge in [0.1, 0.15) is 0 Å². The third-order valence-corrected chi connectivity index (χ3v) is 4.97. The molecule has 1 amide bonds. The number of carbonyl (C=O) groups excluding carboxylic acids is 1. The number of nitrogens with one attached hydrogen (secondary N) is 1. The topological polar surface area (TPSA) is 50.2 Å². The van der Waals surface area contributed by atoms with Gasteiger partial charge in [-0.3, -0.25) is 14.4 Å². The molecule has 0 bridgehead atoms. The number of benzene rings is 1. The van der Waals surface area contributed by atoms with Crippen molar-refractivity contribution in [3.8, 4) is 0 Å². The highest BCUT2D eigenvalue weighted by atomic mass is 16.1. The molecule has 1 fully saturated rings. The molecule has 5 heteroatoms. The molecule has 0 radical (unpaired) electrons. The van der Waals surface area contributed by atoms with Gasteiger partial charge < -0.3 is 5.32 Å². The summed E-state index contributed by atoms with van der Waals surface area (Å²) in [5, 5.41) is 7.39. The molecule has 2 aromatic rings. The Hall–Kier alpha value is -2.14. The minimum Gasteiger partial charge on any atom is -0.352 e. The van der Waals surface area contributed by atoms with Gasteiger partial charge in [0.05, 0.1) is 11.3 Å². The SMILES string of the molecule is CCn1cc(C(=O)NCCC2CCN(Cc3ccccc3)C2)c(C)n1. The van der Waals surface area contributed by atoms with Crippen molar-refractivity contribution in [2.75, 3.05) is 19.6 Å². The molecule has 1 aromatic heterocycles. The molecule has 1 N–H and O–H groups in total. The number of amides is 1. The maximum Gasteiger partial charge on any atom is 0.254 e. The summed E-state index contributed by atoms with van der Waals surface area (Å²) in [7, 11) is 0. The van der Waals surface area contributed by atoms with E-state index in [4.69, 9.17) is 0 Å². The van der Waals surface area contributed by atoms with Gasteiger partial charge in [0.15, 0.2) is 0 Å². The Kier molecular flexibility index (Phi) is 5.87. The first-order valence-corrected chi connectivity index (χ1v) is 9.24. The Balaban J connectivity index is 1.41. The second-order valence-corrected chi connectivity index (χ2v) is 6.90. The molecule has 134 valence electrons. The number of hydrogen-bond donors (Lipinski definition) is 1. The third-order valence-electron chi connectivity index (χ3n) is 4.97. The molecular weight excluding hydrogens is 312 g/mol. The van der Waals surface area contributed by atoms with Crippen LogP contribution in [0.25, 0.3) is 0 Å². The van der Waals surface area contributed by atoms with Crippen LogP contribution in [0.3, 0.4) is 0 Å². The molecule has 1 unspecified atom stereocenters. The molecular formula is C20H28N4O. The van der Waals surface area contributed by atoms with Crippen LogP contribution in [0.5, 0.6) is 0 Å². The van der Waals surface area contributed by atoms with E-state index < -0.39 is 0 Å². The summed E-state index contributed by atoms with van der Waals surface area (Å²) in [6.07, 6.45) is 4.09. The molecule has 0 aliphatic carbocycles. The van der Waals surface area contributed by atoms with Gasteiger partial charge in [-0.15, -0.1) is 0 Å². The van der Waals surface area contributed by atoms with Gasteiger partial charge in [-0.2, -0.15) is 5.10 Å². The van der Waals surface area contributed by atoms with Crippen LogP contribution < -0.4 is 5.32 Å². The number of likely N-dealkylation sites (tertiary alicyclic amines) is 1. The molecule has 25 heavy (non-hydrogen) atoms. The molecule has 5 nitrogen and oxygen atoms in total. The highest BCUT2D eigenvalue weighted by molar-refractivity contribution is 5.94. The lowest BCUT2D eigenvalue weighted by molar-refractivity contribution is 0.0950. The standard InChI is InChI=1S/C20H28N4O/c1-3-24-15-19(16(2)22-24)20(25)21-11-9-18-10-12-23(14-18)13-17-7-5-4-6-8-17/h4-8,15,18H,3,9-14H2,1-2H3,(H,21,25). The highest BCUT2D eigenvalue weighted by Gasteiger charge is 2.22. The monoisotopic (exact) mass is 340 g/mol. The first kappa shape index (κ1) is 17.7. The van der Waals surface area contributed by atoms with E-state index in [0.717, 1.165) is 44.8 Å². The summed E-state index contributed by atoms with van der Waals surface area (Å²) in [6.45, 7) is 8.73. The predicted octanol–water partition coefficient (Wildman–Crippen LogP) is 2.85. The van der Waals surface area contributed by atoms with Crippen molar-refractivity contribution in [1.82, 2.24) is 20.0 Å². The number of aryl methyl sites for hydroxylation is 2. The molecule has 1 aliphatic rings.